The molecule has 0 N–H and O–H groups in total. The topological polar surface area (TPSA) is 20.3 Å². The second kappa shape index (κ2) is 4.65. The van der Waals surface area contributed by atoms with Gasteiger partial charge in [-0.1, -0.05) is 54.6 Å². The Bertz CT molecular complexity index is 562. The number of hydrogen-bond donors (Lipinski definition) is 0. The fourth-order valence-electron chi connectivity index (χ4n) is 2.40. The van der Waals surface area contributed by atoms with Crippen molar-refractivity contribution in [3.05, 3.63) is 71.3 Å². The van der Waals surface area contributed by atoms with Crippen LogP contribution in [0.3, 0.4) is 0 Å². The molecule has 2 heteroatoms. The molecule has 0 unspecified atom stereocenters. The lowest BCUT2D eigenvalue weighted by Gasteiger charge is -2.28. The molecule has 0 atom stereocenters. The number of nitrogens with zero attached hydrogens (tertiary/aromatic N) is 1. The summed E-state index contributed by atoms with van der Waals surface area (Å²) >= 11 is 0. The highest BCUT2D eigenvalue weighted by atomic mass is 16.2. The maximum Gasteiger partial charge on any atom is 0.227 e. The van der Waals surface area contributed by atoms with Gasteiger partial charge in [-0.2, -0.15) is 0 Å². The van der Waals surface area contributed by atoms with E-state index in [0.29, 0.717) is 13.0 Å². The number of carbonyl (C=O) groups is 1. The van der Waals surface area contributed by atoms with Gasteiger partial charge in [-0.05, 0) is 16.7 Å². The van der Waals surface area contributed by atoms with Crippen LogP contribution in [0.5, 0.6) is 0 Å². The number of benzene rings is 2. The van der Waals surface area contributed by atoms with Crippen LogP contribution in [0, 0.1) is 0 Å². The van der Waals surface area contributed by atoms with E-state index in [9.17, 15) is 4.79 Å². The number of fused-ring (bicyclic) bond motifs is 1. The Kier molecular flexibility index (Phi) is 2.85. The van der Waals surface area contributed by atoms with Crippen LogP contribution in [0.2, 0.25) is 0 Å². The van der Waals surface area contributed by atoms with E-state index >= 15 is 0 Å². The van der Waals surface area contributed by atoms with Crippen LogP contribution in [0.25, 0.3) is 0 Å². The monoisotopic (exact) mass is 237 g/mol. The Hall–Kier alpha value is -2.09. The summed E-state index contributed by atoms with van der Waals surface area (Å²) in [4.78, 5) is 14.0. The summed E-state index contributed by atoms with van der Waals surface area (Å²) in [6, 6.07) is 18.3. The van der Waals surface area contributed by atoms with Crippen molar-refractivity contribution in [1.29, 1.82) is 0 Å². The molecule has 0 bridgehead atoms. The molecule has 0 fully saturated rings. The predicted octanol–water partition coefficient (Wildman–Crippen LogP) is 2.77. The fraction of sp³-hybridized carbons (Fsp3) is 0.188. The van der Waals surface area contributed by atoms with Crippen LogP contribution in [0.4, 0.5) is 0 Å². The maximum absolute atomic E-state index is 12.1. The SMILES string of the molecule is O=C1Cc2ccccc2CN1Cc1ccccc1. The van der Waals surface area contributed by atoms with E-state index in [0.717, 1.165) is 6.54 Å². The van der Waals surface area contributed by atoms with Gasteiger partial charge in [0.15, 0.2) is 0 Å². The van der Waals surface area contributed by atoms with E-state index in [-0.39, 0.29) is 5.91 Å². The average Bonchev–Trinajstić information content (AvgIpc) is 2.41. The fourth-order valence-corrected chi connectivity index (χ4v) is 2.40. The zero-order valence-electron chi connectivity index (χ0n) is 10.2. The first-order chi connectivity index (χ1) is 8.83. The normalized spacial score (nSPS) is 14.4. The maximum atomic E-state index is 12.1. The van der Waals surface area contributed by atoms with Crippen LogP contribution in [-0.4, -0.2) is 10.8 Å². The van der Waals surface area contributed by atoms with Gasteiger partial charge in [0.2, 0.25) is 5.91 Å². The summed E-state index contributed by atoms with van der Waals surface area (Å²) in [5, 5.41) is 0. The van der Waals surface area contributed by atoms with Crippen LogP contribution < -0.4 is 0 Å². The Morgan fingerprint density at radius 3 is 2.33 bits per heavy atom. The highest BCUT2D eigenvalue weighted by molar-refractivity contribution is 5.80. The van der Waals surface area contributed by atoms with Gasteiger partial charge in [-0.15, -0.1) is 0 Å². The first-order valence-corrected chi connectivity index (χ1v) is 6.21. The molecule has 3 rings (SSSR count). The van der Waals surface area contributed by atoms with Crippen LogP contribution in [0.15, 0.2) is 54.6 Å². The molecule has 18 heavy (non-hydrogen) atoms. The molecule has 0 aromatic heterocycles. The van der Waals surface area contributed by atoms with E-state index < -0.39 is 0 Å². The lowest BCUT2D eigenvalue weighted by atomic mass is 9.99. The van der Waals surface area contributed by atoms with Gasteiger partial charge in [0.25, 0.3) is 0 Å². The van der Waals surface area contributed by atoms with Crippen molar-refractivity contribution in [2.75, 3.05) is 0 Å². The Balaban J connectivity index is 1.81. The summed E-state index contributed by atoms with van der Waals surface area (Å²) in [5.74, 6) is 0.220. The summed E-state index contributed by atoms with van der Waals surface area (Å²) in [6.45, 7) is 1.43. The zero-order valence-corrected chi connectivity index (χ0v) is 10.2. The van der Waals surface area contributed by atoms with Crippen molar-refractivity contribution in [2.24, 2.45) is 0 Å². The molecule has 90 valence electrons. The molecule has 2 nitrogen and oxygen atoms in total. The second-order valence-corrected chi connectivity index (χ2v) is 4.68. The Morgan fingerprint density at radius 2 is 1.56 bits per heavy atom. The van der Waals surface area contributed by atoms with Crippen molar-refractivity contribution in [1.82, 2.24) is 4.90 Å². The predicted molar refractivity (Wildman–Crippen MR) is 70.8 cm³/mol. The molecule has 0 spiro atoms. The summed E-state index contributed by atoms with van der Waals surface area (Å²) in [5.41, 5.74) is 3.63. The molecule has 1 aliphatic rings. The van der Waals surface area contributed by atoms with E-state index in [2.05, 4.69) is 18.2 Å². The number of rotatable bonds is 2. The lowest BCUT2D eigenvalue weighted by molar-refractivity contribution is -0.132. The van der Waals surface area contributed by atoms with Crippen LogP contribution >= 0.6 is 0 Å². The highest BCUT2D eigenvalue weighted by Gasteiger charge is 2.22. The third-order valence-corrected chi connectivity index (χ3v) is 3.39. The van der Waals surface area contributed by atoms with E-state index in [1.165, 1.54) is 16.7 Å². The number of amides is 1. The lowest BCUT2D eigenvalue weighted by Crippen LogP contribution is -2.35. The van der Waals surface area contributed by atoms with Crippen molar-refractivity contribution in [3.8, 4) is 0 Å². The zero-order chi connectivity index (χ0) is 12.4. The smallest absolute Gasteiger partial charge is 0.227 e. The van der Waals surface area contributed by atoms with Crippen molar-refractivity contribution in [2.45, 2.75) is 19.5 Å². The average molecular weight is 237 g/mol. The summed E-state index contributed by atoms with van der Waals surface area (Å²) in [7, 11) is 0. The largest absolute Gasteiger partial charge is 0.334 e. The molecule has 1 amide bonds. The molecule has 0 saturated carbocycles. The first-order valence-electron chi connectivity index (χ1n) is 6.21. The number of carbonyl (C=O) groups excluding carboxylic acids is 1. The van der Waals surface area contributed by atoms with Crippen molar-refractivity contribution in [3.63, 3.8) is 0 Å². The standard InChI is InChI=1S/C16H15NO/c18-16-10-14-8-4-5-9-15(14)12-17(16)11-13-6-2-1-3-7-13/h1-9H,10-12H2. The molecular formula is C16H15NO. The number of hydrogen-bond acceptors (Lipinski definition) is 1. The molecule has 2 aromatic rings. The van der Waals surface area contributed by atoms with Gasteiger partial charge in [-0.25, -0.2) is 0 Å². The second-order valence-electron chi connectivity index (χ2n) is 4.68. The Labute approximate surface area is 107 Å². The van der Waals surface area contributed by atoms with E-state index in [1.807, 2.05) is 41.3 Å². The minimum Gasteiger partial charge on any atom is -0.334 e. The van der Waals surface area contributed by atoms with Crippen molar-refractivity contribution >= 4 is 5.91 Å². The van der Waals surface area contributed by atoms with Crippen LogP contribution in [-0.2, 0) is 24.3 Å². The molecular weight excluding hydrogens is 222 g/mol. The van der Waals surface area contributed by atoms with Gasteiger partial charge < -0.3 is 4.90 Å². The van der Waals surface area contributed by atoms with Gasteiger partial charge in [-0.3, -0.25) is 4.79 Å². The Morgan fingerprint density at radius 1 is 0.889 bits per heavy atom. The molecule has 1 heterocycles. The van der Waals surface area contributed by atoms with Gasteiger partial charge in [0, 0.05) is 13.1 Å². The van der Waals surface area contributed by atoms with Gasteiger partial charge in [0.1, 0.15) is 0 Å². The van der Waals surface area contributed by atoms with Crippen LogP contribution in [0.1, 0.15) is 16.7 Å². The summed E-state index contributed by atoms with van der Waals surface area (Å²) < 4.78 is 0. The molecule has 0 saturated heterocycles. The molecule has 0 radical (unpaired) electrons. The molecule has 0 aliphatic carbocycles. The third-order valence-electron chi connectivity index (χ3n) is 3.39. The summed E-state index contributed by atoms with van der Waals surface area (Å²) in [6.07, 6.45) is 0.531. The third kappa shape index (κ3) is 2.14. The molecule has 1 aliphatic heterocycles. The van der Waals surface area contributed by atoms with Crippen molar-refractivity contribution < 1.29 is 4.79 Å². The van der Waals surface area contributed by atoms with Gasteiger partial charge >= 0.3 is 0 Å². The van der Waals surface area contributed by atoms with Gasteiger partial charge in [0.05, 0.1) is 6.42 Å². The highest BCUT2D eigenvalue weighted by Crippen LogP contribution is 2.21. The van der Waals surface area contributed by atoms with E-state index in [1.54, 1.807) is 0 Å². The molecule has 2 aromatic carbocycles. The minimum absolute atomic E-state index is 0.220. The first kappa shape index (κ1) is 11.0. The van der Waals surface area contributed by atoms with E-state index in [4.69, 9.17) is 0 Å². The minimum atomic E-state index is 0.220. The quantitative estimate of drug-likeness (QED) is 0.786.